The van der Waals surface area contributed by atoms with Crippen LogP contribution in [0, 0.1) is 23.4 Å². The van der Waals surface area contributed by atoms with E-state index in [4.69, 9.17) is 9.47 Å². The molecule has 4 rings (SSSR count). The van der Waals surface area contributed by atoms with Crippen LogP contribution in [-0.4, -0.2) is 12.7 Å². The fourth-order valence-corrected chi connectivity index (χ4v) is 5.97. The predicted octanol–water partition coefficient (Wildman–Crippen LogP) is 9.60. The van der Waals surface area contributed by atoms with Crippen molar-refractivity contribution < 1.29 is 22.6 Å². The fourth-order valence-electron chi connectivity index (χ4n) is 5.97. The summed E-state index contributed by atoms with van der Waals surface area (Å²) in [7, 11) is 0. The lowest BCUT2D eigenvalue weighted by molar-refractivity contribution is 0.0118. The van der Waals surface area contributed by atoms with Crippen LogP contribution in [0.5, 0.6) is 5.75 Å². The minimum absolute atomic E-state index is 0.00814. The number of hydrogen-bond donors (Lipinski definition) is 0. The minimum atomic E-state index is -0.757. The van der Waals surface area contributed by atoms with Gasteiger partial charge in [-0.1, -0.05) is 64.2 Å². The average molecular weight is 517 g/mol. The van der Waals surface area contributed by atoms with Crippen molar-refractivity contribution in [3.63, 3.8) is 0 Å². The summed E-state index contributed by atoms with van der Waals surface area (Å²) in [6, 6.07) is 8.81. The first-order valence-corrected chi connectivity index (χ1v) is 14.5. The SMILES string of the molecule is CCCCCCOc1ccc(C2CCC(OCc3ccc(C4CCC(C)CC4)c(F)c3F)CC2)cc1F. The van der Waals surface area contributed by atoms with Crippen LogP contribution in [0.3, 0.4) is 0 Å². The maximum atomic E-state index is 14.9. The molecule has 2 saturated carbocycles. The highest BCUT2D eigenvalue weighted by Gasteiger charge is 2.27. The molecule has 0 spiro atoms. The predicted molar refractivity (Wildman–Crippen MR) is 143 cm³/mol. The van der Waals surface area contributed by atoms with Crippen LogP contribution >= 0.6 is 0 Å². The summed E-state index contributed by atoms with van der Waals surface area (Å²) in [6.07, 6.45) is 11.8. The summed E-state index contributed by atoms with van der Waals surface area (Å²) in [5.74, 6) is -0.352. The summed E-state index contributed by atoms with van der Waals surface area (Å²) in [5.41, 5.74) is 1.81. The summed E-state index contributed by atoms with van der Waals surface area (Å²) in [5, 5.41) is 0. The Bertz CT molecular complexity index is 992. The molecule has 37 heavy (non-hydrogen) atoms. The van der Waals surface area contributed by atoms with E-state index in [9.17, 15) is 13.2 Å². The summed E-state index contributed by atoms with van der Waals surface area (Å²) in [6.45, 7) is 5.02. The molecule has 0 aliphatic heterocycles. The Morgan fingerprint density at radius 1 is 0.784 bits per heavy atom. The first-order chi connectivity index (χ1) is 18.0. The third-order valence-electron chi connectivity index (χ3n) is 8.48. The number of halogens is 3. The minimum Gasteiger partial charge on any atom is -0.491 e. The molecule has 0 radical (unpaired) electrons. The Morgan fingerprint density at radius 3 is 2.22 bits per heavy atom. The van der Waals surface area contributed by atoms with Gasteiger partial charge in [-0.3, -0.25) is 0 Å². The molecule has 0 heterocycles. The number of unbranched alkanes of at least 4 members (excludes halogenated alkanes) is 3. The molecule has 0 aromatic heterocycles. The second kappa shape index (κ2) is 13.7. The number of benzene rings is 2. The van der Waals surface area contributed by atoms with Crippen LogP contribution in [0.15, 0.2) is 30.3 Å². The second-order valence-electron chi connectivity index (χ2n) is 11.3. The molecule has 2 fully saturated rings. The second-order valence-corrected chi connectivity index (χ2v) is 11.3. The maximum Gasteiger partial charge on any atom is 0.165 e. The van der Waals surface area contributed by atoms with Crippen LogP contribution in [0.4, 0.5) is 13.2 Å². The van der Waals surface area contributed by atoms with Crippen molar-refractivity contribution in [2.45, 2.75) is 115 Å². The molecular formula is C32H43F3O2. The van der Waals surface area contributed by atoms with E-state index in [-0.39, 0.29) is 30.4 Å². The van der Waals surface area contributed by atoms with Gasteiger partial charge in [0.1, 0.15) is 0 Å². The monoisotopic (exact) mass is 516 g/mol. The van der Waals surface area contributed by atoms with Crippen molar-refractivity contribution in [3.8, 4) is 5.75 Å². The molecular weight excluding hydrogens is 473 g/mol. The zero-order chi connectivity index (χ0) is 26.2. The quantitative estimate of drug-likeness (QED) is 0.277. The van der Waals surface area contributed by atoms with E-state index in [0.29, 0.717) is 29.4 Å². The van der Waals surface area contributed by atoms with Crippen molar-refractivity contribution in [2.24, 2.45) is 5.92 Å². The molecule has 0 bridgehead atoms. The molecule has 204 valence electrons. The Kier molecular flexibility index (Phi) is 10.4. The van der Waals surface area contributed by atoms with Crippen LogP contribution < -0.4 is 4.74 Å². The molecule has 0 amide bonds. The number of hydrogen-bond acceptors (Lipinski definition) is 2. The molecule has 0 atom stereocenters. The van der Waals surface area contributed by atoms with Gasteiger partial charge in [0.05, 0.1) is 19.3 Å². The molecule has 0 saturated heterocycles. The van der Waals surface area contributed by atoms with Crippen molar-refractivity contribution in [2.75, 3.05) is 6.61 Å². The maximum absolute atomic E-state index is 14.9. The van der Waals surface area contributed by atoms with Gasteiger partial charge in [-0.25, -0.2) is 13.2 Å². The molecule has 2 aliphatic rings. The zero-order valence-electron chi connectivity index (χ0n) is 22.5. The Balaban J connectivity index is 1.24. The highest BCUT2D eigenvalue weighted by atomic mass is 19.2. The summed E-state index contributed by atoms with van der Waals surface area (Å²) < 4.78 is 55.9. The van der Waals surface area contributed by atoms with Gasteiger partial charge in [-0.15, -0.1) is 0 Å². The molecule has 0 unspecified atom stereocenters. The lowest BCUT2D eigenvalue weighted by atomic mass is 9.79. The van der Waals surface area contributed by atoms with Gasteiger partial charge < -0.3 is 9.47 Å². The van der Waals surface area contributed by atoms with E-state index in [1.54, 1.807) is 24.3 Å². The van der Waals surface area contributed by atoms with E-state index in [2.05, 4.69) is 13.8 Å². The largest absolute Gasteiger partial charge is 0.491 e. The van der Waals surface area contributed by atoms with Crippen LogP contribution in [-0.2, 0) is 11.3 Å². The van der Waals surface area contributed by atoms with E-state index >= 15 is 0 Å². The Morgan fingerprint density at radius 2 is 1.51 bits per heavy atom. The third kappa shape index (κ3) is 7.52. The van der Waals surface area contributed by atoms with Crippen molar-refractivity contribution >= 4 is 0 Å². The zero-order valence-corrected chi connectivity index (χ0v) is 22.5. The normalized spacial score (nSPS) is 24.2. The van der Waals surface area contributed by atoms with E-state index < -0.39 is 11.6 Å². The first kappa shape index (κ1) is 28.0. The molecule has 2 aromatic rings. The van der Waals surface area contributed by atoms with Crippen molar-refractivity contribution in [1.29, 1.82) is 0 Å². The van der Waals surface area contributed by atoms with Gasteiger partial charge in [0.2, 0.25) is 0 Å². The highest BCUT2D eigenvalue weighted by molar-refractivity contribution is 5.32. The van der Waals surface area contributed by atoms with Crippen molar-refractivity contribution in [3.05, 3.63) is 64.5 Å². The van der Waals surface area contributed by atoms with Gasteiger partial charge >= 0.3 is 0 Å². The van der Waals surface area contributed by atoms with Gasteiger partial charge in [-0.05, 0) is 86.0 Å². The van der Waals surface area contributed by atoms with E-state index in [0.717, 1.165) is 69.8 Å². The van der Waals surface area contributed by atoms with Crippen LogP contribution in [0.2, 0.25) is 0 Å². The van der Waals surface area contributed by atoms with Crippen LogP contribution in [0.25, 0.3) is 0 Å². The van der Waals surface area contributed by atoms with Crippen molar-refractivity contribution in [1.82, 2.24) is 0 Å². The van der Waals surface area contributed by atoms with Crippen LogP contribution in [0.1, 0.15) is 119 Å². The fraction of sp³-hybridized carbons (Fsp3) is 0.625. The molecule has 2 aliphatic carbocycles. The molecule has 0 N–H and O–H groups in total. The highest BCUT2D eigenvalue weighted by Crippen LogP contribution is 2.38. The van der Waals surface area contributed by atoms with E-state index in [1.807, 2.05) is 6.07 Å². The van der Waals surface area contributed by atoms with Gasteiger partial charge in [0, 0.05) is 5.56 Å². The molecule has 5 heteroatoms. The van der Waals surface area contributed by atoms with Gasteiger partial charge in [0.25, 0.3) is 0 Å². The van der Waals surface area contributed by atoms with Gasteiger partial charge in [-0.2, -0.15) is 0 Å². The van der Waals surface area contributed by atoms with E-state index in [1.165, 1.54) is 12.8 Å². The standard InChI is InChI=1S/C32H43F3O2/c1-3-4-5-6-19-36-30-18-14-25(20-29(30)33)23-11-15-27(16-12-23)37-21-26-13-17-28(32(35)31(26)34)24-9-7-22(2)8-10-24/h13-14,17-18,20,22-24,27H,3-12,15-16,19,21H2,1-2H3. The molecule has 2 nitrogen and oxygen atoms in total. The lowest BCUT2D eigenvalue weighted by Gasteiger charge is -2.29. The topological polar surface area (TPSA) is 18.5 Å². The third-order valence-corrected chi connectivity index (χ3v) is 8.48. The Labute approximate surface area is 220 Å². The average Bonchev–Trinajstić information content (AvgIpc) is 2.91. The lowest BCUT2D eigenvalue weighted by Crippen LogP contribution is -2.21. The molecule has 2 aromatic carbocycles. The summed E-state index contributed by atoms with van der Waals surface area (Å²) in [4.78, 5) is 0. The number of ether oxygens (including phenoxy) is 2. The smallest absolute Gasteiger partial charge is 0.165 e. The van der Waals surface area contributed by atoms with Gasteiger partial charge in [0.15, 0.2) is 23.2 Å². The Hall–Kier alpha value is -2.01. The first-order valence-electron chi connectivity index (χ1n) is 14.5. The number of rotatable bonds is 11. The summed E-state index contributed by atoms with van der Waals surface area (Å²) >= 11 is 0.